The van der Waals surface area contributed by atoms with Crippen molar-refractivity contribution in [3.8, 4) is 40.0 Å². The van der Waals surface area contributed by atoms with Crippen LogP contribution in [-0.4, -0.2) is 33.8 Å². The second kappa shape index (κ2) is 9.34. The first-order chi connectivity index (χ1) is 18.1. The first-order valence-corrected chi connectivity index (χ1v) is 11.8. The Morgan fingerprint density at radius 1 is 0.946 bits per heavy atom. The zero-order chi connectivity index (χ0) is 25.4. The van der Waals surface area contributed by atoms with Gasteiger partial charge in [0.2, 0.25) is 11.8 Å². The largest absolute Gasteiger partial charge is 0.496 e. The van der Waals surface area contributed by atoms with Gasteiger partial charge in [-0.2, -0.15) is 9.50 Å². The zero-order valence-electron chi connectivity index (χ0n) is 20.6. The molecule has 0 unspecified atom stereocenters. The van der Waals surface area contributed by atoms with Crippen LogP contribution in [0.5, 0.6) is 17.4 Å². The molecule has 0 saturated carbocycles. The van der Waals surface area contributed by atoms with Crippen LogP contribution >= 0.6 is 0 Å². The second-order valence-corrected chi connectivity index (χ2v) is 8.43. The minimum Gasteiger partial charge on any atom is -0.496 e. The van der Waals surface area contributed by atoms with Gasteiger partial charge in [0.25, 0.3) is 0 Å². The van der Waals surface area contributed by atoms with E-state index in [-0.39, 0.29) is 0 Å². The molecular formula is C28H24N4O5. The molecule has 9 nitrogen and oxygen atoms in total. The third-order valence-electron chi connectivity index (χ3n) is 6.05. The van der Waals surface area contributed by atoms with Crippen molar-refractivity contribution in [3.63, 3.8) is 0 Å². The standard InChI is InChI=1S/C28H24N4O5/c1-4-26-31-32-15-22(30-28(32)37-26)25-13-21-23(11-20(33-2)12-24(21)36-25)35-16-17-6-5-7-18(10-17)19-8-9-27(34-3)29-14-19/h5-15H,4,16H2,1-3H3. The molecule has 9 heteroatoms. The molecule has 0 atom stereocenters. The van der Waals surface area contributed by atoms with E-state index in [1.165, 1.54) is 0 Å². The summed E-state index contributed by atoms with van der Waals surface area (Å²) >= 11 is 0. The lowest BCUT2D eigenvalue weighted by atomic mass is 10.1. The molecule has 37 heavy (non-hydrogen) atoms. The Morgan fingerprint density at radius 3 is 2.62 bits per heavy atom. The van der Waals surface area contributed by atoms with Gasteiger partial charge < -0.3 is 23.0 Å². The average Bonchev–Trinajstić information content (AvgIpc) is 3.65. The fraction of sp³-hybridized carbons (Fsp3) is 0.179. The van der Waals surface area contributed by atoms with E-state index in [9.17, 15) is 0 Å². The van der Waals surface area contributed by atoms with E-state index >= 15 is 0 Å². The molecule has 186 valence electrons. The molecule has 0 aliphatic rings. The number of benzene rings is 2. The molecule has 0 saturated heterocycles. The number of pyridine rings is 1. The Labute approximate surface area is 212 Å². The molecule has 6 rings (SSSR count). The lowest BCUT2D eigenvalue weighted by Gasteiger charge is -2.10. The second-order valence-electron chi connectivity index (χ2n) is 8.43. The van der Waals surface area contributed by atoms with E-state index in [1.807, 2.05) is 55.5 Å². The number of aryl methyl sites for hydroxylation is 1. The first-order valence-electron chi connectivity index (χ1n) is 11.8. The number of rotatable bonds is 8. The monoisotopic (exact) mass is 496 g/mol. The number of methoxy groups -OCH3 is 2. The van der Waals surface area contributed by atoms with Gasteiger partial charge in [-0.1, -0.05) is 25.1 Å². The normalized spacial score (nSPS) is 11.3. The quantitative estimate of drug-likeness (QED) is 0.255. The highest BCUT2D eigenvalue weighted by Crippen LogP contribution is 2.37. The third-order valence-corrected chi connectivity index (χ3v) is 6.05. The Kier molecular flexibility index (Phi) is 5.72. The lowest BCUT2D eigenvalue weighted by molar-refractivity contribution is 0.307. The van der Waals surface area contributed by atoms with E-state index in [0.29, 0.717) is 59.2 Å². The van der Waals surface area contributed by atoms with Crippen molar-refractivity contribution in [1.82, 2.24) is 19.6 Å². The van der Waals surface area contributed by atoms with Gasteiger partial charge in [-0.15, -0.1) is 5.10 Å². The number of furan rings is 1. The molecule has 0 radical (unpaired) electrons. The summed E-state index contributed by atoms with van der Waals surface area (Å²) in [5.74, 6) is 3.50. The van der Waals surface area contributed by atoms with Crippen molar-refractivity contribution in [1.29, 1.82) is 0 Å². The van der Waals surface area contributed by atoms with Crippen LogP contribution in [0.2, 0.25) is 0 Å². The molecule has 0 aliphatic carbocycles. The van der Waals surface area contributed by atoms with Crippen LogP contribution in [-0.2, 0) is 13.0 Å². The lowest BCUT2D eigenvalue weighted by Crippen LogP contribution is -1.97. The van der Waals surface area contributed by atoms with Gasteiger partial charge in [-0.3, -0.25) is 0 Å². The maximum Gasteiger partial charge on any atom is 0.325 e. The van der Waals surface area contributed by atoms with Gasteiger partial charge in [0, 0.05) is 36.4 Å². The number of ether oxygens (including phenoxy) is 3. The van der Waals surface area contributed by atoms with Gasteiger partial charge in [0.1, 0.15) is 29.4 Å². The van der Waals surface area contributed by atoms with Gasteiger partial charge in [-0.25, -0.2) is 4.98 Å². The minimum absolute atomic E-state index is 0.362. The van der Waals surface area contributed by atoms with Crippen molar-refractivity contribution in [2.45, 2.75) is 20.0 Å². The van der Waals surface area contributed by atoms with Crippen LogP contribution in [0, 0.1) is 0 Å². The molecule has 4 heterocycles. The molecule has 0 N–H and O–H groups in total. The third kappa shape index (κ3) is 4.35. The number of nitrogens with zero attached hydrogens (tertiary/aromatic N) is 4. The van der Waals surface area contributed by atoms with E-state index in [2.05, 4.69) is 21.1 Å². The van der Waals surface area contributed by atoms with Crippen LogP contribution in [0.4, 0.5) is 0 Å². The van der Waals surface area contributed by atoms with Crippen molar-refractivity contribution in [3.05, 3.63) is 78.4 Å². The minimum atomic E-state index is 0.362. The maximum atomic E-state index is 6.27. The van der Waals surface area contributed by atoms with E-state index in [0.717, 1.165) is 22.1 Å². The summed E-state index contributed by atoms with van der Waals surface area (Å²) < 4.78 is 30.3. The predicted molar refractivity (Wildman–Crippen MR) is 137 cm³/mol. The van der Waals surface area contributed by atoms with Crippen LogP contribution in [0.15, 0.2) is 75.8 Å². The van der Waals surface area contributed by atoms with Crippen LogP contribution in [0.25, 0.3) is 39.4 Å². The molecule has 0 amide bonds. The van der Waals surface area contributed by atoms with Gasteiger partial charge >= 0.3 is 5.84 Å². The number of hydrogen-bond donors (Lipinski definition) is 0. The number of hydrogen-bond acceptors (Lipinski definition) is 8. The molecule has 0 fully saturated rings. The molecular weight excluding hydrogens is 472 g/mol. The molecule has 2 aromatic carbocycles. The smallest absolute Gasteiger partial charge is 0.325 e. The molecule has 4 aromatic heterocycles. The Hall–Kier alpha value is -4.79. The summed E-state index contributed by atoms with van der Waals surface area (Å²) in [5.41, 5.74) is 4.31. The highest BCUT2D eigenvalue weighted by molar-refractivity contribution is 5.89. The maximum absolute atomic E-state index is 6.27. The van der Waals surface area contributed by atoms with E-state index < -0.39 is 0 Å². The topological polar surface area (TPSA) is 97.1 Å². The predicted octanol–water partition coefficient (Wildman–Crippen LogP) is 5.96. The van der Waals surface area contributed by atoms with Crippen molar-refractivity contribution < 1.29 is 23.0 Å². The first kappa shape index (κ1) is 22.7. The van der Waals surface area contributed by atoms with Crippen LogP contribution in [0.1, 0.15) is 18.4 Å². The zero-order valence-corrected chi connectivity index (χ0v) is 20.6. The van der Waals surface area contributed by atoms with E-state index in [4.69, 9.17) is 23.0 Å². The van der Waals surface area contributed by atoms with Gasteiger partial charge in [-0.05, 0) is 29.3 Å². The summed E-state index contributed by atoms with van der Waals surface area (Å²) in [5, 5.41) is 5.19. The number of aromatic nitrogens is 4. The van der Waals surface area contributed by atoms with Crippen molar-refractivity contribution >= 4 is 16.8 Å². The summed E-state index contributed by atoms with van der Waals surface area (Å²) in [6.45, 7) is 2.34. The summed E-state index contributed by atoms with van der Waals surface area (Å²) in [7, 11) is 3.21. The summed E-state index contributed by atoms with van der Waals surface area (Å²) in [6, 6.07) is 17.6. The van der Waals surface area contributed by atoms with Gasteiger partial charge in [0.05, 0.1) is 25.8 Å². The highest BCUT2D eigenvalue weighted by atomic mass is 16.5. The molecule has 0 aliphatic heterocycles. The molecule has 0 spiro atoms. The Balaban J connectivity index is 1.28. The fourth-order valence-corrected chi connectivity index (χ4v) is 4.12. The number of imidazole rings is 1. The van der Waals surface area contributed by atoms with Crippen molar-refractivity contribution in [2.24, 2.45) is 0 Å². The van der Waals surface area contributed by atoms with Crippen LogP contribution < -0.4 is 14.2 Å². The average molecular weight is 497 g/mol. The van der Waals surface area contributed by atoms with Crippen LogP contribution in [0.3, 0.4) is 0 Å². The Morgan fingerprint density at radius 2 is 1.86 bits per heavy atom. The fourth-order valence-electron chi connectivity index (χ4n) is 4.12. The summed E-state index contributed by atoms with van der Waals surface area (Å²) in [4.78, 5) is 8.82. The van der Waals surface area contributed by atoms with E-state index in [1.54, 1.807) is 31.1 Å². The number of fused-ring (bicyclic) bond motifs is 2. The molecule has 6 aromatic rings. The summed E-state index contributed by atoms with van der Waals surface area (Å²) in [6.07, 6.45) is 4.28. The SMILES string of the molecule is CCc1nn2cc(-c3cc4c(OCc5cccc(-c6ccc(OC)nc6)c5)cc(OC)cc4o3)nc2o1. The van der Waals surface area contributed by atoms with Crippen molar-refractivity contribution in [2.75, 3.05) is 14.2 Å². The molecule has 0 bridgehead atoms. The Bertz CT molecular complexity index is 1670. The highest BCUT2D eigenvalue weighted by Gasteiger charge is 2.17. The van der Waals surface area contributed by atoms with Gasteiger partial charge in [0.15, 0.2) is 5.76 Å².